The van der Waals surface area contributed by atoms with Crippen LogP contribution < -0.4 is 5.32 Å². The number of carbonyl (C=O) groups excluding carboxylic acids is 3. The van der Waals surface area contributed by atoms with Crippen molar-refractivity contribution in [3.05, 3.63) is 60.1 Å². The molecule has 0 aliphatic heterocycles. The number of para-hydroxylation sites is 1. The molecule has 0 bridgehead atoms. The molecule has 31 heavy (non-hydrogen) atoms. The Balaban J connectivity index is 1.46. The van der Waals surface area contributed by atoms with Gasteiger partial charge < -0.3 is 19.3 Å². The number of rotatable bonds is 9. The third kappa shape index (κ3) is 6.20. The molecule has 3 aromatic rings. The van der Waals surface area contributed by atoms with Gasteiger partial charge in [0.2, 0.25) is 11.7 Å². The highest BCUT2D eigenvalue weighted by Crippen LogP contribution is 2.16. The molecule has 0 aliphatic rings. The Kier molecular flexibility index (Phi) is 7.41. The van der Waals surface area contributed by atoms with Crippen LogP contribution in [0.3, 0.4) is 0 Å². The molecule has 0 aliphatic carbocycles. The predicted molar refractivity (Wildman–Crippen MR) is 108 cm³/mol. The van der Waals surface area contributed by atoms with Gasteiger partial charge in [-0.05, 0) is 31.2 Å². The van der Waals surface area contributed by atoms with Crippen molar-refractivity contribution in [1.29, 1.82) is 0 Å². The Hall–Kier alpha value is -4.08. The van der Waals surface area contributed by atoms with E-state index in [0.29, 0.717) is 11.5 Å². The highest BCUT2D eigenvalue weighted by molar-refractivity contribution is 6.01. The molecule has 0 atom stereocenters. The highest BCUT2D eigenvalue weighted by atomic mass is 16.5. The van der Waals surface area contributed by atoms with E-state index in [-0.39, 0.29) is 36.6 Å². The molecule has 0 fully saturated rings. The maximum Gasteiger partial charge on any atom is 0.340 e. The summed E-state index contributed by atoms with van der Waals surface area (Å²) in [5.41, 5.74) is 1.04. The largest absolute Gasteiger partial charge is 0.462 e. The Labute approximate surface area is 177 Å². The van der Waals surface area contributed by atoms with Crippen molar-refractivity contribution in [2.75, 3.05) is 18.5 Å². The molecule has 0 spiro atoms. The van der Waals surface area contributed by atoms with Crippen LogP contribution in [0.25, 0.3) is 11.5 Å². The maximum atomic E-state index is 12.1. The van der Waals surface area contributed by atoms with Gasteiger partial charge in [0.25, 0.3) is 5.91 Å². The number of hydrogen-bond donors (Lipinski definition) is 1. The van der Waals surface area contributed by atoms with E-state index in [1.165, 1.54) is 6.07 Å². The summed E-state index contributed by atoms with van der Waals surface area (Å²) >= 11 is 0. The van der Waals surface area contributed by atoms with E-state index in [9.17, 15) is 14.4 Å². The van der Waals surface area contributed by atoms with Gasteiger partial charge >= 0.3 is 11.9 Å². The van der Waals surface area contributed by atoms with Crippen molar-refractivity contribution in [3.63, 3.8) is 0 Å². The van der Waals surface area contributed by atoms with Gasteiger partial charge in [0.05, 0.1) is 24.3 Å². The second-order valence-electron chi connectivity index (χ2n) is 6.20. The monoisotopic (exact) mass is 424 g/mol. The van der Waals surface area contributed by atoms with Crippen molar-refractivity contribution >= 4 is 23.5 Å². The number of nitrogens with zero attached hydrogens (tertiary/aromatic N) is 3. The molecular formula is C21H20N4O6. The van der Waals surface area contributed by atoms with Crippen LogP contribution >= 0.6 is 0 Å². The molecule has 3 rings (SSSR count). The molecule has 0 radical (unpaired) electrons. The average molecular weight is 424 g/mol. The standard InChI is InChI=1S/C21H20N4O6/c1-2-29-21(28)14-7-3-4-8-15(14)23-17(26)13-30-19(27)11-10-18-24-20(25-31-18)16-9-5-6-12-22-16/h3-9,12H,2,10-11,13H2,1H3,(H,23,26). The summed E-state index contributed by atoms with van der Waals surface area (Å²) in [6.45, 7) is 1.40. The van der Waals surface area contributed by atoms with Gasteiger partial charge in [0.15, 0.2) is 6.61 Å². The SMILES string of the molecule is CCOC(=O)c1ccccc1NC(=O)COC(=O)CCc1nc(-c2ccccn2)no1. The number of esters is 2. The fourth-order valence-corrected chi connectivity index (χ4v) is 2.55. The summed E-state index contributed by atoms with van der Waals surface area (Å²) in [5, 5.41) is 6.35. The Morgan fingerprint density at radius 3 is 2.65 bits per heavy atom. The fraction of sp³-hybridized carbons (Fsp3) is 0.238. The van der Waals surface area contributed by atoms with Crippen LogP contribution in [-0.4, -0.2) is 46.2 Å². The number of aryl methyl sites for hydroxylation is 1. The summed E-state index contributed by atoms with van der Waals surface area (Å²) in [7, 11) is 0. The molecule has 0 unspecified atom stereocenters. The van der Waals surface area contributed by atoms with E-state index in [1.54, 1.807) is 49.5 Å². The number of pyridine rings is 1. The summed E-state index contributed by atoms with van der Waals surface area (Å²) in [5.74, 6) is -1.17. The van der Waals surface area contributed by atoms with Crippen LogP contribution in [-0.2, 0) is 25.5 Å². The van der Waals surface area contributed by atoms with Gasteiger partial charge in [-0.1, -0.05) is 23.4 Å². The Morgan fingerprint density at radius 1 is 1.06 bits per heavy atom. The van der Waals surface area contributed by atoms with Crippen molar-refractivity contribution < 1.29 is 28.4 Å². The zero-order chi connectivity index (χ0) is 22.1. The molecule has 1 N–H and O–H groups in total. The van der Waals surface area contributed by atoms with Gasteiger partial charge in [0.1, 0.15) is 5.69 Å². The van der Waals surface area contributed by atoms with Gasteiger partial charge in [-0.25, -0.2) is 4.79 Å². The lowest BCUT2D eigenvalue weighted by atomic mass is 10.2. The Bertz CT molecular complexity index is 1050. The van der Waals surface area contributed by atoms with Gasteiger partial charge in [0, 0.05) is 12.6 Å². The first-order valence-electron chi connectivity index (χ1n) is 9.52. The summed E-state index contributed by atoms with van der Waals surface area (Å²) in [4.78, 5) is 44.3. The lowest BCUT2D eigenvalue weighted by Crippen LogP contribution is -2.22. The zero-order valence-electron chi connectivity index (χ0n) is 16.7. The highest BCUT2D eigenvalue weighted by Gasteiger charge is 2.16. The number of hydrogen-bond acceptors (Lipinski definition) is 9. The average Bonchev–Trinajstić information content (AvgIpc) is 3.26. The minimum Gasteiger partial charge on any atom is -0.462 e. The van der Waals surface area contributed by atoms with Crippen molar-refractivity contribution in [1.82, 2.24) is 15.1 Å². The first-order valence-corrected chi connectivity index (χ1v) is 9.52. The second kappa shape index (κ2) is 10.6. The number of nitrogens with one attached hydrogen (secondary N) is 1. The Morgan fingerprint density at radius 2 is 1.87 bits per heavy atom. The smallest absolute Gasteiger partial charge is 0.340 e. The number of benzene rings is 1. The lowest BCUT2D eigenvalue weighted by molar-refractivity contribution is -0.147. The minimum atomic E-state index is -0.605. The first kappa shape index (κ1) is 21.6. The van der Waals surface area contributed by atoms with Crippen LogP contribution in [0.2, 0.25) is 0 Å². The number of ether oxygens (including phenoxy) is 2. The topological polar surface area (TPSA) is 134 Å². The molecule has 10 nitrogen and oxygen atoms in total. The zero-order valence-corrected chi connectivity index (χ0v) is 16.7. The second-order valence-corrected chi connectivity index (χ2v) is 6.20. The first-order chi connectivity index (χ1) is 15.1. The number of carbonyl (C=O) groups is 3. The van der Waals surface area contributed by atoms with Crippen LogP contribution in [0.1, 0.15) is 29.6 Å². The molecule has 2 heterocycles. The lowest BCUT2D eigenvalue weighted by Gasteiger charge is -2.10. The number of aromatic nitrogens is 3. The van der Waals surface area contributed by atoms with Crippen LogP contribution in [0.15, 0.2) is 53.2 Å². The quantitative estimate of drug-likeness (QED) is 0.514. The van der Waals surface area contributed by atoms with Gasteiger partial charge in [-0.3, -0.25) is 14.6 Å². The molecule has 0 saturated heterocycles. The third-order valence-electron chi connectivity index (χ3n) is 3.97. The molecule has 1 aromatic carbocycles. The van der Waals surface area contributed by atoms with E-state index in [1.807, 2.05) is 0 Å². The molecule has 1 amide bonds. The normalized spacial score (nSPS) is 10.4. The van der Waals surface area contributed by atoms with E-state index < -0.39 is 24.5 Å². The van der Waals surface area contributed by atoms with E-state index in [4.69, 9.17) is 14.0 Å². The summed E-state index contributed by atoms with van der Waals surface area (Å²) < 4.78 is 15.0. The van der Waals surface area contributed by atoms with Crippen LogP contribution in [0.4, 0.5) is 5.69 Å². The molecule has 0 saturated carbocycles. The van der Waals surface area contributed by atoms with Crippen molar-refractivity contribution in [2.45, 2.75) is 19.8 Å². The summed E-state index contributed by atoms with van der Waals surface area (Å²) in [6.07, 6.45) is 1.72. The third-order valence-corrected chi connectivity index (χ3v) is 3.97. The van der Waals surface area contributed by atoms with Gasteiger partial charge in [-0.15, -0.1) is 0 Å². The predicted octanol–water partition coefficient (Wildman–Crippen LogP) is 2.42. The minimum absolute atomic E-state index is 0.0451. The van der Waals surface area contributed by atoms with Crippen molar-refractivity contribution in [2.24, 2.45) is 0 Å². The van der Waals surface area contributed by atoms with Gasteiger partial charge in [-0.2, -0.15) is 4.98 Å². The van der Waals surface area contributed by atoms with Crippen molar-refractivity contribution in [3.8, 4) is 11.5 Å². The van der Waals surface area contributed by atoms with E-state index in [0.717, 1.165) is 0 Å². The van der Waals surface area contributed by atoms with E-state index in [2.05, 4.69) is 20.4 Å². The van der Waals surface area contributed by atoms with Crippen LogP contribution in [0, 0.1) is 0 Å². The van der Waals surface area contributed by atoms with E-state index >= 15 is 0 Å². The fourth-order valence-electron chi connectivity index (χ4n) is 2.55. The number of anilines is 1. The molecule has 2 aromatic heterocycles. The molecule has 10 heteroatoms. The molecular weight excluding hydrogens is 404 g/mol. The maximum absolute atomic E-state index is 12.1. The molecule has 160 valence electrons. The van der Waals surface area contributed by atoms with Crippen LogP contribution in [0.5, 0.6) is 0 Å². The summed E-state index contributed by atoms with van der Waals surface area (Å²) in [6, 6.07) is 11.7. The number of amides is 1.